The van der Waals surface area contributed by atoms with Gasteiger partial charge in [-0.1, -0.05) is 31.5 Å². The van der Waals surface area contributed by atoms with Crippen LogP contribution in [0.3, 0.4) is 0 Å². The third kappa shape index (κ3) is 8.65. The summed E-state index contributed by atoms with van der Waals surface area (Å²) in [6.07, 6.45) is 1.85. The van der Waals surface area contributed by atoms with Crippen molar-refractivity contribution in [3.63, 3.8) is 0 Å². The SMILES string of the molecule is CCNC(=NCC(C)(C)CCS(C)(=O)=O)NC(C)c1cc(C)ccc1OC. The molecule has 1 aromatic rings. The number of nitrogens with one attached hydrogen (secondary N) is 2. The number of sulfone groups is 1. The first kappa shape index (κ1) is 23.3. The molecule has 0 aliphatic rings. The van der Waals surface area contributed by atoms with Crippen molar-refractivity contribution in [1.82, 2.24) is 10.6 Å². The molecule has 6 nitrogen and oxygen atoms in total. The van der Waals surface area contributed by atoms with E-state index in [9.17, 15) is 8.42 Å². The van der Waals surface area contributed by atoms with E-state index in [0.717, 1.165) is 17.9 Å². The Kier molecular flexibility index (Phi) is 8.59. The number of ether oxygens (including phenoxy) is 1. The van der Waals surface area contributed by atoms with Crippen molar-refractivity contribution in [1.29, 1.82) is 0 Å². The predicted octanol–water partition coefficient (Wildman–Crippen LogP) is 3.08. The van der Waals surface area contributed by atoms with E-state index in [1.165, 1.54) is 11.8 Å². The second-order valence-electron chi connectivity index (χ2n) is 7.85. The Hall–Kier alpha value is -1.76. The van der Waals surface area contributed by atoms with Crippen molar-refractivity contribution in [2.45, 2.75) is 47.1 Å². The van der Waals surface area contributed by atoms with Gasteiger partial charge in [0.2, 0.25) is 0 Å². The average Bonchev–Trinajstić information content (AvgIpc) is 2.57. The van der Waals surface area contributed by atoms with Crippen molar-refractivity contribution < 1.29 is 13.2 Å². The van der Waals surface area contributed by atoms with Gasteiger partial charge in [0.25, 0.3) is 0 Å². The monoisotopic (exact) mass is 397 g/mol. The number of nitrogens with zero attached hydrogens (tertiary/aromatic N) is 1. The minimum absolute atomic E-state index is 0.0109. The van der Waals surface area contributed by atoms with E-state index in [-0.39, 0.29) is 17.2 Å². The highest BCUT2D eigenvalue weighted by atomic mass is 32.2. The molecule has 0 fully saturated rings. The maximum absolute atomic E-state index is 11.4. The molecule has 0 aliphatic heterocycles. The van der Waals surface area contributed by atoms with Crippen LogP contribution in [0.25, 0.3) is 0 Å². The van der Waals surface area contributed by atoms with Crippen LogP contribution in [0.5, 0.6) is 5.75 Å². The Morgan fingerprint density at radius 2 is 2.00 bits per heavy atom. The van der Waals surface area contributed by atoms with Crippen LogP contribution in [0.15, 0.2) is 23.2 Å². The Morgan fingerprint density at radius 1 is 1.33 bits per heavy atom. The number of hydrogen-bond acceptors (Lipinski definition) is 4. The Morgan fingerprint density at radius 3 is 2.56 bits per heavy atom. The summed E-state index contributed by atoms with van der Waals surface area (Å²) >= 11 is 0. The van der Waals surface area contributed by atoms with Gasteiger partial charge in [0, 0.05) is 24.9 Å². The number of hydrogen-bond donors (Lipinski definition) is 2. The van der Waals surface area contributed by atoms with Gasteiger partial charge in [-0.15, -0.1) is 0 Å². The summed E-state index contributed by atoms with van der Waals surface area (Å²) in [7, 11) is -1.30. The Bertz CT molecular complexity index is 743. The fourth-order valence-corrected chi connectivity index (χ4v) is 3.55. The Balaban J connectivity index is 2.89. The van der Waals surface area contributed by atoms with Gasteiger partial charge >= 0.3 is 0 Å². The largest absolute Gasteiger partial charge is 0.496 e. The standard InChI is InChI=1S/C20H35N3O3S/c1-8-21-19(22-14-20(4,5)11-12-27(7,24)25)23-16(3)17-13-15(2)9-10-18(17)26-6/h9-10,13,16H,8,11-12,14H2,1-7H3,(H2,21,22,23). The van der Waals surface area contributed by atoms with Crippen LogP contribution in [-0.4, -0.2) is 46.6 Å². The van der Waals surface area contributed by atoms with Gasteiger partial charge < -0.3 is 15.4 Å². The van der Waals surface area contributed by atoms with Gasteiger partial charge in [0.1, 0.15) is 15.6 Å². The fourth-order valence-electron chi connectivity index (χ4n) is 2.63. The van der Waals surface area contributed by atoms with Crippen LogP contribution in [0, 0.1) is 12.3 Å². The van der Waals surface area contributed by atoms with Gasteiger partial charge in [-0.3, -0.25) is 4.99 Å². The molecule has 154 valence electrons. The first-order valence-electron chi connectivity index (χ1n) is 9.34. The average molecular weight is 398 g/mol. The third-order valence-electron chi connectivity index (χ3n) is 4.36. The van der Waals surface area contributed by atoms with E-state index in [0.29, 0.717) is 18.9 Å². The van der Waals surface area contributed by atoms with Gasteiger partial charge in [0.05, 0.1) is 18.9 Å². The summed E-state index contributed by atoms with van der Waals surface area (Å²) in [6.45, 7) is 11.5. The summed E-state index contributed by atoms with van der Waals surface area (Å²) in [5, 5.41) is 6.68. The molecule has 0 heterocycles. The molecule has 0 saturated carbocycles. The molecule has 0 saturated heterocycles. The van der Waals surface area contributed by atoms with E-state index in [1.807, 2.05) is 32.9 Å². The lowest BCUT2D eigenvalue weighted by Gasteiger charge is -2.24. The molecule has 1 rings (SSSR count). The second kappa shape index (κ2) is 9.97. The number of methoxy groups -OCH3 is 1. The van der Waals surface area contributed by atoms with Crippen molar-refractivity contribution in [2.75, 3.05) is 32.2 Å². The molecule has 1 atom stereocenters. The van der Waals surface area contributed by atoms with Crippen LogP contribution in [-0.2, 0) is 9.84 Å². The van der Waals surface area contributed by atoms with E-state index in [4.69, 9.17) is 4.74 Å². The smallest absolute Gasteiger partial charge is 0.191 e. The number of aryl methyl sites for hydroxylation is 1. The fraction of sp³-hybridized carbons (Fsp3) is 0.650. The molecule has 0 radical (unpaired) electrons. The van der Waals surface area contributed by atoms with E-state index in [2.05, 4.69) is 35.5 Å². The number of benzene rings is 1. The van der Waals surface area contributed by atoms with Crippen molar-refractivity contribution in [3.05, 3.63) is 29.3 Å². The minimum atomic E-state index is -2.97. The Labute approximate surface area is 164 Å². The van der Waals surface area contributed by atoms with Crippen LogP contribution < -0.4 is 15.4 Å². The van der Waals surface area contributed by atoms with E-state index < -0.39 is 9.84 Å². The summed E-state index contributed by atoms with van der Waals surface area (Å²) in [5.41, 5.74) is 2.04. The molecular weight excluding hydrogens is 362 g/mol. The summed E-state index contributed by atoms with van der Waals surface area (Å²) < 4.78 is 28.4. The van der Waals surface area contributed by atoms with E-state index >= 15 is 0 Å². The van der Waals surface area contributed by atoms with Gasteiger partial charge in [-0.2, -0.15) is 0 Å². The molecule has 0 aromatic heterocycles. The second-order valence-corrected chi connectivity index (χ2v) is 10.1. The normalized spacial score (nSPS) is 14.0. The zero-order valence-electron chi connectivity index (χ0n) is 17.7. The van der Waals surface area contributed by atoms with Crippen molar-refractivity contribution in [3.8, 4) is 5.75 Å². The maximum Gasteiger partial charge on any atom is 0.191 e. The van der Waals surface area contributed by atoms with Crippen molar-refractivity contribution >= 4 is 15.8 Å². The zero-order valence-corrected chi connectivity index (χ0v) is 18.5. The zero-order chi connectivity index (χ0) is 20.7. The predicted molar refractivity (Wildman–Crippen MR) is 113 cm³/mol. The highest BCUT2D eigenvalue weighted by molar-refractivity contribution is 7.90. The maximum atomic E-state index is 11.4. The molecule has 1 aromatic carbocycles. The lowest BCUT2D eigenvalue weighted by Crippen LogP contribution is -2.39. The first-order valence-corrected chi connectivity index (χ1v) is 11.4. The number of rotatable bonds is 9. The van der Waals surface area contributed by atoms with E-state index in [1.54, 1.807) is 7.11 Å². The lowest BCUT2D eigenvalue weighted by atomic mass is 9.90. The van der Waals surface area contributed by atoms with Crippen LogP contribution in [0.4, 0.5) is 0 Å². The molecular formula is C20H35N3O3S. The van der Waals surface area contributed by atoms with Crippen LogP contribution in [0.2, 0.25) is 0 Å². The van der Waals surface area contributed by atoms with Crippen LogP contribution >= 0.6 is 0 Å². The summed E-state index contributed by atoms with van der Waals surface area (Å²) in [5.74, 6) is 1.72. The molecule has 7 heteroatoms. The molecule has 2 N–H and O–H groups in total. The molecule has 0 bridgehead atoms. The quantitative estimate of drug-likeness (QED) is 0.494. The van der Waals surface area contributed by atoms with Gasteiger partial charge in [-0.05, 0) is 38.7 Å². The highest BCUT2D eigenvalue weighted by Gasteiger charge is 2.21. The molecule has 1 unspecified atom stereocenters. The molecule has 0 aliphatic carbocycles. The first-order chi connectivity index (χ1) is 12.5. The van der Waals surface area contributed by atoms with Gasteiger partial charge in [-0.25, -0.2) is 8.42 Å². The molecule has 27 heavy (non-hydrogen) atoms. The third-order valence-corrected chi connectivity index (χ3v) is 5.31. The highest BCUT2D eigenvalue weighted by Crippen LogP contribution is 2.26. The molecule has 0 spiro atoms. The number of guanidine groups is 1. The van der Waals surface area contributed by atoms with Crippen molar-refractivity contribution in [2.24, 2.45) is 10.4 Å². The number of aliphatic imine (C=N–C) groups is 1. The van der Waals surface area contributed by atoms with Gasteiger partial charge in [0.15, 0.2) is 5.96 Å². The minimum Gasteiger partial charge on any atom is -0.496 e. The molecule has 0 amide bonds. The topological polar surface area (TPSA) is 79.8 Å². The summed E-state index contributed by atoms with van der Waals surface area (Å²) in [6, 6.07) is 6.12. The summed E-state index contributed by atoms with van der Waals surface area (Å²) in [4.78, 5) is 4.69. The van der Waals surface area contributed by atoms with Crippen LogP contribution in [0.1, 0.15) is 51.3 Å². The lowest BCUT2D eigenvalue weighted by molar-refractivity contribution is 0.365.